The van der Waals surface area contributed by atoms with Gasteiger partial charge in [0.15, 0.2) is 23.3 Å². The van der Waals surface area contributed by atoms with E-state index in [-0.39, 0.29) is 46.5 Å². The Balaban J connectivity index is 1.52. The fraction of sp³-hybridized carbons (Fsp3) is 0.630. The van der Waals surface area contributed by atoms with Crippen molar-refractivity contribution in [2.45, 2.75) is 75.0 Å². The molecule has 6 radical (unpaired) electrons. The molecule has 10 atom stereocenters. The van der Waals surface area contributed by atoms with Crippen LogP contribution < -0.4 is 14.2 Å². The minimum Gasteiger partial charge on any atom is -0.624 e. The number of aliphatic hydroxyl groups is 3. The van der Waals surface area contributed by atoms with Crippen LogP contribution in [0, 0.1) is 5.21 Å². The van der Waals surface area contributed by atoms with Gasteiger partial charge in [0.05, 0.1) is 29.6 Å². The highest BCUT2D eigenvalue weighted by atomic mass is 32.2. The predicted octanol–water partition coefficient (Wildman–Crippen LogP) is -0.411. The van der Waals surface area contributed by atoms with Gasteiger partial charge in [-0.05, 0) is 71.7 Å². The second kappa shape index (κ2) is 17.9. The van der Waals surface area contributed by atoms with Gasteiger partial charge in [0, 0.05) is 24.5 Å². The number of hydroxylamine groups is 1. The summed E-state index contributed by atoms with van der Waals surface area (Å²) in [7, 11) is 18.0. The van der Waals surface area contributed by atoms with Crippen molar-refractivity contribution in [2.75, 3.05) is 30.8 Å². The van der Waals surface area contributed by atoms with E-state index < -0.39 is 67.1 Å². The normalized spacial score (nSPS) is 32.9. The summed E-state index contributed by atoms with van der Waals surface area (Å²) in [5.41, 5.74) is 1.38. The number of amides is 1. The predicted molar refractivity (Wildman–Crippen MR) is 179 cm³/mol. The minimum atomic E-state index is -1.41. The average molecular weight is 708 g/mol. The summed E-state index contributed by atoms with van der Waals surface area (Å²) in [4.78, 5) is 13.3. The van der Waals surface area contributed by atoms with Crippen LogP contribution in [-0.2, 0) is 27.4 Å². The van der Waals surface area contributed by atoms with Crippen molar-refractivity contribution >= 4 is 77.4 Å². The van der Waals surface area contributed by atoms with E-state index in [1.165, 1.54) is 7.05 Å². The average Bonchev–Trinajstić information content (AvgIpc) is 3.66. The molecule has 252 valence electrons. The van der Waals surface area contributed by atoms with E-state index >= 15 is 0 Å². The van der Waals surface area contributed by atoms with Crippen LogP contribution in [0.5, 0.6) is 11.5 Å². The number of rotatable bonds is 15. The molecule has 14 nitrogen and oxygen atoms in total. The fourth-order valence-corrected chi connectivity index (χ4v) is 6.46. The highest BCUT2D eigenvalue weighted by Crippen LogP contribution is 2.37. The lowest BCUT2D eigenvalue weighted by molar-refractivity contribution is -0.427. The molecule has 4 rings (SSSR count). The second-order valence-electron chi connectivity index (χ2n) is 10.6. The number of aliphatic hydroxyl groups excluding tert-OH is 3. The molecule has 3 aliphatic rings. The summed E-state index contributed by atoms with van der Waals surface area (Å²) in [6.07, 6.45) is -7.99. The quantitative estimate of drug-likeness (QED) is 0.0351. The van der Waals surface area contributed by atoms with Crippen molar-refractivity contribution in [2.24, 2.45) is 0 Å². The maximum absolute atomic E-state index is 13.3. The molecule has 3 fully saturated rings. The summed E-state index contributed by atoms with van der Waals surface area (Å²) < 4.78 is 40.6. The molecular formula is C27H35B3N2O12S3. The van der Waals surface area contributed by atoms with Gasteiger partial charge in [0.1, 0.15) is 56.6 Å². The third-order valence-electron chi connectivity index (χ3n) is 7.64. The number of carbonyl (C=O) groups is 1. The van der Waals surface area contributed by atoms with Crippen LogP contribution in [0.2, 0.25) is 0 Å². The molecule has 4 N–H and O–H groups in total. The zero-order valence-corrected chi connectivity index (χ0v) is 28.3. The van der Waals surface area contributed by atoms with Crippen LogP contribution in [0.4, 0.5) is 0 Å². The Morgan fingerprint density at radius 1 is 1.00 bits per heavy atom. The fourth-order valence-electron chi connectivity index (χ4n) is 5.22. The molecule has 2 heterocycles. The maximum Gasteiger partial charge on any atom is 0.247 e. The van der Waals surface area contributed by atoms with Gasteiger partial charge >= 0.3 is 0 Å². The topological polar surface area (TPSA) is 180 Å². The molecule has 1 aromatic rings. The second-order valence-corrected chi connectivity index (χ2v) is 12.9. The van der Waals surface area contributed by atoms with E-state index in [2.05, 4.69) is 5.32 Å². The van der Waals surface area contributed by atoms with Gasteiger partial charge in [-0.3, -0.25) is 4.79 Å². The van der Waals surface area contributed by atoms with Crippen LogP contribution in [0.25, 0.3) is 6.08 Å². The number of hydrogen-bond donors (Lipinski definition) is 4. The lowest BCUT2D eigenvalue weighted by Crippen LogP contribution is -2.67. The van der Waals surface area contributed by atoms with E-state index in [9.17, 15) is 25.3 Å². The van der Waals surface area contributed by atoms with Gasteiger partial charge in [-0.15, -0.1) is 0 Å². The third-order valence-corrected chi connectivity index (χ3v) is 9.06. The number of fused-ring (bicyclic) bond motifs is 1. The number of nitrogens with zero attached hydrogens (tertiary/aromatic N) is 1. The van der Waals surface area contributed by atoms with Gasteiger partial charge in [0.2, 0.25) is 12.2 Å². The molecule has 10 unspecified atom stereocenters. The summed E-state index contributed by atoms with van der Waals surface area (Å²) in [6, 6.07) is 3.74. The van der Waals surface area contributed by atoms with Gasteiger partial charge in [-0.1, -0.05) is 6.07 Å². The molecule has 20 heteroatoms. The molecule has 0 spiro atoms. The van der Waals surface area contributed by atoms with Crippen molar-refractivity contribution in [1.82, 2.24) is 5.32 Å². The maximum atomic E-state index is 13.3. The van der Waals surface area contributed by atoms with Crippen LogP contribution in [-0.4, -0.2) is 147 Å². The van der Waals surface area contributed by atoms with E-state index in [1.54, 1.807) is 38.1 Å². The van der Waals surface area contributed by atoms with Gasteiger partial charge in [-0.25, -0.2) is 4.74 Å². The van der Waals surface area contributed by atoms with Crippen molar-refractivity contribution in [3.8, 4) is 11.5 Å². The first kappa shape index (κ1) is 38.2. The number of carbonyl (C=O) groups excluding carboxylic acids is 1. The summed E-state index contributed by atoms with van der Waals surface area (Å²) >= 11 is 2.77. The Morgan fingerprint density at radius 3 is 2.32 bits per heavy atom. The minimum absolute atomic E-state index is 0.0951. The Hall–Kier alpha value is -1.58. The largest absolute Gasteiger partial charge is 0.624 e. The monoisotopic (exact) mass is 708 g/mol. The van der Waals surface area contributed by atoms with Crippen LogP contribution in [0.1, 0.15) is 19.4 Å². The van der Waals surface area contributed by atoms with Crippen molar-refractivity contribution < 1.29 is 56.3 Å². The van der Waals surface area contributed by atoms with Gasteiger partial charge < -0.3 is 57.3 Å². The highest BCUT2D eigenvalue weighted by molar-refractivity contribution is 7.96. The lowest BCUT2D eigenvalue weighted by Gasteiger charge is -2.43. The number of ether oxygens (including phenoxy) is 4. The Kier molecular flexibility index (Phi) is 14.6. The van der Waals surface area contributed by atoms with E-state index in [1.807, 2.05) is 0 Å². The standard InChI is InChI=1S/C27H35B3N2O12S3/c1-12(26(36)31-17-18(33)19(34)23-25(39-11-38-23)22(17)43-46-9-29)6-14-4-5-15(16(7-14)42-45-8-28)40-27-20(35)24(44-47-10-30)21(41-27)13(2)32(3)37/h4-7,17-25,27,33-35H,8-11H2,1-3H3,(H,31,36)/b12-6+,32-13+. The molecule has 1 saturated carbocycles. The summed E-state index contributed by atoms with van der Waals surface area (Å²) in [5, 5.41) is 47.2. The molecular weight excluding hydrogens is 673 g/mol. The van der Waals surface area contributed by atoms with Crippen molar-refractivity contribution in [3.63, 3.8) is 0 Å². The number of hydrogen-bond acceptors (Lipinski definition) is 15. The number of nitrogens with one attached hydrogen (secondary N) is 1. The Morgan fingerprint density at radius 2 is 1.66 bits per heavy atom. The van der Waals surface area contributed by atoms with Crippen molar-refractivity contribution in [3.05, 3.63) is 34.5 Å². The zero-order chi connectivity index (χ0) is 34.2. The molecule has 2 aliphatic heterocycles. The Bertz CT molecular complexity index is 1280. The van der Waals surface area contributed by atoms with Gasteiger partial charge in [-0.2, -0.15) is 0 Å². The van der Waals surface area contributed by atoms with Crippen LogP contribution in [0.3, 0.4) is 0 Å². The van der Waals surface area contributed by atoms with E-state index in [0.717, 1.165) is 36.1 Å². The lowest BCUT2D eigenvalue weighted by atomic mass is 9.83. The van der Waals surface area contributed by atoms with Crippen LogP contribution >= 0.6 is 36.1 Å². The molecule has 2 saturated heterocycles. The number of benzene rings is 1. The molecule has 1 amide bonds. The van der Waals surface area contributed by atoms with Crippen molar-refractivity contribution in [1.29, 1.82) is 0 Å². The van der Waals surface area contributed by atoms with Gasteiger partial charge in [0.25, 0.3) is 0 Å². The first-order chi connectivity index (χ1) is 22.5. The zero-order valence-electron chi connectivity index (χ0n) is 25.8. The molecule has 1 aromatic carbocycles. The van der Waals surface area contributed by atoms with E-state index in [0.29, 0.717) is 10.3 Å². The first-order valence-corrected chi connectivity index (χ1v) is 17.2. The molecule has 1 aliphatic carbocycles. The Labute approximate surface area is 290 Å². The SMILES string of the molecule is [B]CSOc1cc(/C=C(\C)C(=O)NC2C(O)C(O)C3OCOC3C2OSC[B])ccc1OC1OC(/C(C)=[N+](\C)[O-])C(OSC[B])C1O. The smallest absolute Gasteiger partial charge is 0.247 e. The summed E-state index contributed by atoms with van der Waals surface area (Å²) in [6.45, 7) is 3.03. The van der Waals surface area contributed by atoms with E-state index in [4.69, 9.17) is 55.0 Å². The first-order valence-electron chi connectivity index (χ1n) is 14.5. The molecule has 0 aromatic heterocycles. The molecule has 47 heavy (non-hydrogen) atoms. The summed E-state index contributed by atoms with van der Waals surface area (Å²) in [5.74, 6) is -0.160. The molecule has 0 bridgehead atoms. The highest BCUT2D eigenvalue weighted by Gasteiger charge is 2.55. The van der Waals surface area contributed by atoms with Crippen LogP contribution in [0.15, 0.2) is 23.8 Å². The third kappa shape index (κ3) is 9.16.